The molecule has 1 aromatic rings. The van der Waals surface area contributed by atoms with Crippen LogP contribution in [0.2, 0.25) is 0 Å². The minimum atomic E-state index is 0.243. The van der Waals surface area contributed by atoms with Crippen molar-refractivity contribution in [2.45, 2.75) is 52.2 Å². The van der Waals surface area contributed by atoms with E-state index in [1.165, 1.54) is 17.8 Å². The molecule has 0 amide bonds. The Morgan fingerprint density at radius 1 is 1.50 bits per heavy atom. The summed E-state index contributed by atoms with van der Waals surface area (Å²) < 4.78 is 5.85. The van der Waals surface area contributed by atoms with Gasteiger partial charge in [0.2, 0.25) is 0 Å². The molecule has 1 saturated carbocycles. The van der Waals surface area contributed by atoms with E-state index in [1.54, 1.807) is 11.3 Å². The van der Waals surface area contributed by atoms with Crippen LogP contribution in [0.15, 0.2) is 5.38 Å². The highest BCUT2D eigenvalue weighted by Gasteiger charge is 2.34. The Balaban J connectivity index is 1.99. The summed E-state index contributed by atoms with van der Waals surface area (Å²) in [5, 5.41) is 6.82. The summed E-state index contributed by atoms with van der Waals surface area (Å²) in [5.74, 6) is 0.711. The molecule has 1 heterocycles. The lowest BCUT2D eigenvalue weighted by Crippen LogP contribution is -2.19. The van der Waals surface area contributed by atoms with Crippen molar-refractivity contribution in [3.05, 3.63) is 16.1 Å². The smallest absolute Gasteiger partial charge is 0.122 e. The first kappa shape index (κ1) is 14.0. The second-order valence-corrected chi connectivity index (χ2v) is 5.89. The first-order valence-electron chi connectivity index (χ1n) is 7.06. The van der Waals surface area contributed by atoms with Gasteiger partial charge in [-0.1, -0.05) is 6.92 Å². The number of rotatable bonds is 8. The summed E-state index contributed by atoms with van der Waals surface area (Å²) in [4.78, 5) is 4.77. The number of thiazole rings is 1. The molecule has 2 unspecified atom stereocenters. The van der Waals surface area contributed by atoms with E-state index in [2.05, 4.69) is 31.5 Å². The molecule has 102 valence electrons. The van der Waals surface area contributed by atoms with Crippen LogP contribution in [0.5, 0.6) is 0 Å². The topological polar surface area (TPSA) is 34.1 Å². The maximum Gasteiger partial charge on any atom is 0.122 e. The third-order valence-electron chi connectivity index (χ3n) is 3.32. The minimum Gasteiger partial charge on any atom is -0.371 e. The van der Waals surface area contributed by atoms with E-state index in [4.69, 9.17) is 9.72 Å². The molecule has 1 aliphatic carbocycles. The van der Waals surface area contributed by atoms with Gasteiger partial charge in [0.05, 0.1) is 5.69 Å². The molecule has 2 rings (SSSR count). The molecule has 3 nitrogen and oxygen atoms in total. The highest BCUT2D eigenvalue weighted by Crippen LogP contribution is 2.44. The van der Waals surface area contributed by atoms with Gasteiger partial charge in [-0.3, -0.25) is 0 Å². The lowest BCUT2D eigenvalue weighted by molar-refractivity contribution is 0.0461. The van der Waals surface area contributed by atoms with Gasteiger partial charge in [-0.15, -0.1) is 11.3 Å². The minimum absolute atomic E-state index is 0.243. The maximum absolute atomic E-state index is 5.85. The zero-order valence-corrected chi connectivity index (χ0v) is 12.4. The Kier molecular flexibility index (Phi) is 5.15. The quantitative estimate of drug-likeness (QED) is 0.780. The highest BCUT2D eigenvalue weighted by atomic mass is 32.1. The number of hydrogen-bond donors (Lipinski definition) is 1. The fourth-order valence-corrected chi connectivity index (χ4v) is 3.13. The van der Waals surface area contributed by atoms with Crippen LogP contribution < -0.4 is 5.32 Å². The molecular formula is C14H24N2OS. The molecule has 1 aliphatic rings. The van der Waals surface area contributed by atoms with Crippen molar-refractivity contribution in [2.75, 3.05) is 13.2 Å². The van der Waals surface area contributed by atoms with Gasteiger partial charge in [-0.05, 0) is 45.6 Å². The Labute approximate surface area is 114 Å². The van der Waals surface area contributed by atoms with E-state index in [9.17, 15) is 0 Å². The van der Waals surface area contributed by atoms with Crippen LogP contribution in [-0.4, -0.2) is 18.1 Å². The molecule has 1 N–H and O–H groups in total. The van der Waals surface area contributed by atoms with Gasteiger partial charge < -0.3 is 10.1 Å². The van der Waals surface area contributed by atoms with E-state index in [0.29, 0.717) is 12.0 Å². The molecule has 2 atom stereocenters. The van der Waals surface area contributed by atoms with Crippen LogP contribution in [0, 0.1) is 5.92 Å². The van der Waals surface area contributed by atoms with Gasteiger partial charge in [0.15, 0.2) is 0 Å². The van der Waals surface area contributed by atoms with E-state index < -0.39 is 0 Å². The summed E-state index contributed by atoms with van der Waals surface area (Å²) >= 11 is 1.75. The third-order valence-corrected chi connectivity index (χ3v) is 4.25. The fourth-order valence-electron chi connectivity index (χ4n) is 2.08. The van der Waals surface area contributed by atoms with Crippen LogP contribution in [0.1, 0.15) is 62.9 Å². The van der Waals surface area contributed by atoms with E-state index in [-0.39, 0.29) is 6.10 Å². The molecule has 1 aromatic heterocycles. The molecule has 0 saturated heterocycles. The highest BCUT2D eigenvalue weighted by molar-refractivity contribution is 7.09. The normalized spacial score (nSPS) is 18.8. The number of ether oxygens (including phenoxy) is 1. The van der Waals surface area contributed by atoms with Crippen molar-refractivity contribution >= 4 is 11.3 Å². The molecule has 0 spiro atoms. The molecule has 4 heteroatoms. The molecular weight excluding hydrogens is 244 g/mol. The lowest BCUT2D eigenvalue weighted by atomic mass is 10.2. The van der Waals surface area contributed by atoms with E-state index in [0.717, 1.165) is 25.3 Å². The van der Waals surface area contributed by atoms with Crippen molar-refractivity contribution in [3.8, 4) is 0 Å². The summed E-state index contributed by atoms with van der Waals surface area (Å²) in [5.41, 5.74) is 1.16. The van der Waals surface area contributed by atoms with Crippen LogP contribution >= 0.6 is 11.3 Å². The van der Waals surface area contributed by atoms with Crippen LogP contribution in [0.25, 0.3) is 0 Å². The van der Waals surface area contributed by atoms with Gasteiger partial charge in [-0.25, -0.2) is 4.98 Å². The Morgan fingerprint density at radius 3 is 2.89 bits per heavy atom. The standard InChI is InChI=1S/C14H24N2OS/c1-4-8-15-10(3)12-9-18-14(16-12)13(17-5-2)11-6-7-11/h9-11,13,15H,4-8H2,1-3H3. The number of nitrogens with one attached hydrogen (secondary N) is 1. The summed E-state index contributed by atoms with van der Waals surface area (Å²) in [6.45, 7) is 8.26. The Hall–Kier alpha value is -0.450. The Bertz CT molecular complexity index is 362. The average molecular weight is 268 g/mol. The zero-order valence-electron chi connectivity index (χ0n) is 11.6. The van der Waals surface area contributed by atoms with Gasteiger partial charge in [0, 0.05) is 18.0 Å². The van der Waals surface area contributed by atoms with Crippen molar-refractivity contribution in [2.24, 2.45) is 5.92 Å². The summed E-state index contributed by atoms with van der Waals surface area (Å²) in [6.07, 6.45) is 3.99. The van der Waals surface area contributed by atoms with Gasteiger partial charge >= 0.3 is 0 Å². The summed E-state index contributed by atoms with van der Waals surface area (Å²) in [7, 11) is 0. The first-order valence-corrected chi connectivity index (χ1v) is 7.94. The van der Waals surface area contributed by atoms with Gasteiger partial charge in [-0.2, -0.15) is 0 Å². The monoisotopic (exact) mass is 268 g/mol. The second kappa shape index (κ2) is 6.64. The second-order valence-electron chi connectivity index (χ2n) is 5.00. The van der Waals surface area contributed by atoms with E-state index in [1.807, 2.05) is 0 Å². The Morgan fingerprint density at radius 2 is 2.28 bits per heavy atom. The number of hydrogen-bond acceptors (Lipinski definition) is 4. The number of aromatic nitrogens is 1. The molecule has 0 aromatic carbocycles. The first-order chi connectivity index (χ1) is 8.76. The van der Waals surface area contributed by atoms with Crippen molar-refractivity contribution in [1.82, 2.24) is 10.3 Å². The van der Waals surface area contributed by atoms with Gasteiger partial charge in [0.1, 0.15) is 11.1 Å². The average Bonchev–Trinajstić information content (AvgIpc) is 3.09. The largest absolute Gasteiger partial charge is 0.371 e. The fraction of sp³-hybridized carbons (Fsp3) is 0.786. The zero-order chi connectivity index (χ0) is 13.0. The van der Waals surface area contributed by atoms with Crippen LogP contribution in [0.4, 0.5) is 0 Å². The third kappa shape index (κ3) is 3.53. The van der Waals surface area contributed by atoms with Crippen molar-refractivity contribution < 1.29 is 4.74 Å². The molecule has 0 bridgehead atoms. The van der Waals surface area contributed by atoms with Crippen molar-refractivity contribution in [1.29, 1.82) is 0 Å². The molecule has 18 heavy (non-hydrogen) atoms. The predicted octanol–water partition coefficient (Wildman–Crippen LogP) is 3.69. The SMILES string of the molecule is CCCNC(C)c1csc(C(OCC)C2CC2)n1. The number of nitrogens with zero attached hydrogens (tertiary/aromatic N) is 1. The van der Waals surface area contributed by atoms with Crippen molar-refractivity contribution in [3.63, 3.8) is 0 Å². The summed E-state index contributed by atoms with van der Waals surface area (Å²) in [6, 6.07) is 0.344. The molecule has 0 radical (unpaired) electrons. The predicted molar refractivity (Wildman–Crippen MR) is 75.9 cm³/mol. The van der Waals surface area contributed by atoms with Crippen LogP contribution in [-0.2, 0) is 4.74 Å². The molecule has 0 aliphatic heterocycles. The van der Waals surface area contributed by atoms with Gasteiger partial charge in [0.25, 0.3) is 0 Å². The van der Waals surface area contributed by atoms with Crippen LogP contribution in [0.3, 0.4) is 0 Å². The maximum atomic E-state index is 5.85. The lowest BCUT2D eigenvalue weighted by Gasteiger charge is -2.14. The molecule has 1 fully saturated rings. The van der Waals surface area contributed by atoms with E-state index >= 15 is 0 Å².